The summed E-state index contributed by atoms with van der Waals surface area (Å²) in [6, 6.07) is 0. The molecule has 1 aliphatic carbocycles. The number of unbranched alkanes of at least 4 members (excludes halogenated alkanes) is 1. The molecule has 86 valence electrons. The number of rotatable bonds is 6. The van der Waals surface area contributed by atoms with Gasteiger partial charge in [0.1, 0.15) is 0 Å². The van der Waals surface area contributed by atoms with Gasteiger partial charge in [-0.25, -0.2) is 0 Å². The van der Waals surface area contributed by atoms with Crippen LogP contribution in [-0.2, 0) is 4.79 Å². The minimum Gasteiger partial charge on any atom is -0.481 e. The smallest absolute Gasteiger partial charge is 0.307 e. The topological polar surface area (TPSA) is 63.3 Å². The molecule has 3 heteroatoms. The molecule has 0 fully saturated rings. The number of allylic oxidation sites excluding steroid dienone is 2. The quantitative estimate of drug-likeness (QED) is 0.523. The molecular formula is C12H21NO2. The maximum Gasteiger partial charge on any atom is 0.307 e. The van der Waals surface area contributed by atoms with E-state index in [9.17, 15) is 4.79 Å². The van der Waals surface area contributed by atoms with E-state index in [0.29, 0.717) is 6.54 Å². The zero-order chi connectivity index (χ0) is 11.1. The van der Waals surface area contributed by atoms with Gasteiger partial charge in [0, 0.05) is 0 Å². The van der Waals surface area contributed by atoms with Crippen molar-refractivity contribution in [3.63, 3.8) is 0 Å². The molecule has 0 radical (unpaired) electrons. The molecule has 0 aromatic carbocycles. The SMILES string of the molecule is NCCCCC(C(=O)O)C1C=CCCC1. The summed E-state index contributed by atoms with van der Waals surface area (Å²) in [7, 11) is 0. The lowest BCUT2D eigenvalue weighted by Gasteiger charge is -2.23. The molecule has 0 aliphatic heterocycles. The highest BCUT2D eigenvalue weighted by Crippen LogP contribution is 2.28. The highest BCUT2D eigenvalue weighted by molar-refractivity contribution is 5.70. The van der Waals surface area contributed by atoms with Gasteiger partial charge >= 0.3 is 5.97 Å². The van der Waals surface area contributed by atoms with E-state index in [1.807, 2.05) is 0 Å². The van der Waals surface area contributed by atoms with Gasteiger partial charge < -0.3 is 10.8 Å². The fourth-order valence-electron chi connectivity index (χ4n) is 2.20. The summed E-state index contributed by atoms with van der Waals surface area (Å²) in [6.07, 6.45) is 10.1. The summed E-state index contributed by atoms with van der Waals surface area (Å²) < 4.78 is 0. The highest BCUT2D eigenvalue weighted by atomic mass is 16.4. The standard InChI is InChI=1S/C12H21NO2/c13-9-5-4-8-11(12(14)15)10-6-2-1-3-7-10/h2,6,10-11H,1,3-5,7-9,13H2,(H,14,15). The molecule has 0 saturated carbocycles. The van der Waals surface area contributed by atoms with Gasteiger partial charge in [0.2, 0.25) is 0 Å². The summed E-state index contributed by atoms with van der Waals surface area (Å²) in [6.45, 7) is 0.660. The van der Waals surface area contributed by atoms with E-state index in [1.54, 1.807) is 0 Å². The molecule has 0 aromatic rings. The number of hydrogen-bond acceptors (Lipinski definition) is 2. The Balaban J connectivity index is 2.45. The zero-order valence-electron chi connectivity index (χ0n) is 9.19. The highest BCUT2D eigenvalue weighted by Gasteiger charge is 2.26. The molecule has 2 unspecified atom stereocenters. The molecule has 3 nitrogen and oxygen atoms in total. The Morgan fingerprint density at radius 1 is 1.53 bits per heavy atom. The molecule has 0 aromatic heterocycles. The van der Waals surface area contributed by atoms with Crippen molar-refractivity contribution in [2.24, 2.45) is 17.6 Å². The second-order valence-electron chi connectivity index (χ2n) is 4.25. The van der Waals surface area contributed by atoms with E-state index in [-0.39, 0.29) is 11.8 Å². The molecular weight excluding hydrogens is 190 g/mol. The van der Waals surface area contributed by atoms with Crippen LogP contribution in [0.5, 0.6) is 0 Å². The molecule has 0 spiro atoms. The van der Waals surface area contributed by atoms with Crippen molar-refractivity contribution in [3.05, 3.63) is 12.2 Å². The average Bonchev–Trinajstić information content (AvgIpc) is 2.25. The van der Waals surface area contributed by atoms with Crippen molar-refractivity contribution in [1.82, 2.24) is 0 Å². The Kier molecular flexibility index (Phi) is 5.40. The normalized spacial score (nSPS) is 22.6. The lowest BCUT2D eigenvalue weighted by Crippen LogP contribution is -2.23. The average molecular weight is 211 g/mol. The fourth-order valence-corrected chi connectivity index (χ4v) is 2.20. The fraction of sp³-hybridized carbons (Fsp3) is 0.750. The van der Waals surface area contributed by atoms with Gasteiger partial charge in [-0.3, -0.25) is 4.79 Å². The van der Waals surface area contributed by atoms with Crippen molar-refractivity contribution in [2.45, 2.75) is 38.5 Å². The van der Waals surface area contributed by atoms with Crippen LogP contribution in [0.25, 0.3) is 0 Å². The van der Waals surface area contributed by atoms with Gasteiger partial charge in [-0.2, -0.15) is 0 Å². The lowest BCUT2D eigenvalue weighted by atomic mass is 9.82. The first kappa shape index (κ1) is 12.2. The van der Waals surface area contributed by atoms with Crippen molar-refractivity contribution in [1.29, 1.82) is 0 Å². The minimum absolute atomic E-state index is 0.201. The molecule has 3 N–H and O–H groups in total. The first-order valence-electron chi connectivity index (χ1n) is 5.85. The van der Waals surface area contributed by atoms with Crippen LogP contribution in [0.2, 0.25) is 0 Å². The molecule has 2 atom stereocenters. The summed E-state index contributed by atoms with van der Waals surface area (Å²) in [5.41, 5.74) is 5.41. The van der Waals surface area contributed by atoms with Gasteiger partial charge in [-0.05, 0) is 44.6 Å². The van der Waals surface area contributed by atoms with E-state index in [4.69, 9.17) is 10.8 Å². The van der Waals surface area contributed by atoms with Crippen molar-refractivity contribution in [2.75, 3.05) is 6.54 Å². The maximum atomic E-state index is 11.1. The van der Waals surface area contributed by atoms with Crippen LogP contribution in [0.4, 0.5) is 0 Å². The number of nitrogens with two attached hydrogens (primary N) is 1. The Morgan fingerprint density at radius 2 is 2.33 bits per heavy atom. The summed E-state index contributed by atoms with van der Waals surface area (Å²) in [5.74, 6) is -0.606. The number of carbonyl (C=O) groups is 1. The summed E-state index contributed by atoms with van der Waals surface area (Å²) in [5, 5.41) is 9.16. The molecule has 0 bridgehead atoms. The van der Waals surface area contributed by atoms with Gasteiger partial charge in [-0.15, -0.1) is 0 Å². The van der Waals surface area contributed by atoms with Gasteiger partial charge in [0.15, 0.2) is 0 Å². The molecule has 0 heterocycles. The third-order valence-corrected chi connectivity index (χ3v) is 3.09. The molecule has 15 heavy (non-hydrogen) atoms. The Hall–Kier alpha value is -0.830. The molecule has 0 saturated heterocycles. The Labute approximate surface area is 91.4 Å². The van der Waals surface area contributed by atoms with Crippen LogP contribution in [0.15, 0.2) is 12.2 Å². The van der Waals surface area contributed by atoms with E-state index in [2.05, 4.69) is 12.2 Å². The van der Waals surface area contributed by atoms with Gasteiger partial charge in [0.05, 0.1) is 5.92 Å². The first-order chi connectivity index (χ1) is 7.25. The number of hydrogen-bond donors (Lipinski definition) is 2. The summed E-state index contributed by atoms with van der Waals surface area (Å²) in [4.78, 5) is 11.1. The number of carboxylic acids is 1. The van der Waals surface area contributed by atoms with E-state index >= 15 is 0 Å². The molecule has 1 rings (SSSR count). The van der Waals surface area contributed by atoms with Crippen LogP contribution in [0, 0.1) is 11.8 Å². The second kappa shape index (κ2) is 6.62. The number of carboxylic acid groups (broad SMARTS) is 1. The zero-order valence-corrected chi connectivity index (χ0v) is 9.19. The van der Waals surface area contributed by atoms with Crippen LogP contribution >= 0.6 is 0 Å². The third-order valence-electron chi connectivity index (χ3n) is 3.09. The Morgan fingerprint density at radius 3 is 2.87 bits per heavy atom. The van der Waals surface area contributed by atoms with Crippen LogP contribution in [-0.4, -0.2) is 17.6 Å². The molecule has 1 aliphatic rings. The largest absolute Gasteiger partial charge is 0.481 e. The van der Waals surface area contributed by atoms with Crippen molar-refractivity contribution in [3.8, 4) is 0 Å². The number of aliphatic carboxylic acids is 1. The molecule has 0 amide bonds. The second-order valence-corrected chi connectivity index (χ2v) is 4.25. The van der Waals surface area contributed by atoms with Crippen molar-refractivity contribution < 1.29 is 9.90 Å². The third kappa shape index (κ3) is 4.04. The van der Waals surface area contributed by atoms with Crippen LogP contribution in [0.3, 0.4) is 0 Å². The first-order valence-corrected chi connectivity index (χ1v) is 5.85. The van der Waals surface area contributed by atoms with E-state index in [0.717, 1.165) is 38.5 Å². The van der Waals surface area contributed by atoms with Crippen molar-refractivity contribution >= 4 is 5.97 Å². The maximum absolute atomic E-state index is 11.1. The van der Waals surface area contributed by atoms with Crippen LogP contribution < -0.4 is 5.73 Å². The minimum atomic E-state index is -0.649. The summed E-state index contributed by atoms with van der Waals surface area (Å²) >= 11 is 0. The van der Waals surface area contributed by atoms with Gasteiger partial charge in [0.25, 0.3) is 0 Å². The Bertz CT molecular complexity index is 226. The van der Waals surface area contributed by atoms with E-state index < -0.39 is 5.97 Å². The van der Waals surface area contributed by atoms with Gasteiger partial charge in [-0.1, -0.05) is 18.6 Å². The lowest BCUT2D eigenvalue weighted by molar-refractivity contribution is -0.143. The monoisotopic (exact) mass is 211 g/mol. The predicted octanol–water partition coefficient (Wildman–Crippen LogP) is 2.17. The predicted molar refractivity (Wildman–Crippen MR) is 60.5 cm³/mol. The van der Waals surface area contributed by atoms with E-state index in [1.165, 1.54) is 0 Å². The van der Waals surface area contributed by atoms with Crippen LogP contribution in [0.1, 0.15) is 38.5 Å².